The van der Waals surface area contributed by atoms with Crippen LogP contribution in [0.2, 0.25) is 0 Å². The van der Waals surface area contributed by atoms with E-state index in [1.54, 1.807) is 0 Å². The van der Waals surface area contributed by atoms with Crippen LogP contribution in [0.5, 0.6) is 0 Å². The third kappa shape index (κ3) is 5.41. The number of fused-ring (bicyclic) bond motifs is 10. The van der Waals surface area contributed by atoms with Crippen LogP contribution in [0.3, 0.4) is 0 Å². The summed E-state index contributed by atoms with van der Waals surface area (Å²) in [5.74, 6) is 7.20. The van der Waals surface area contributed by atoms with Crippen LogP contribution in [0.4, 0.5) is 0 Å². The van der Waals surface area contributed by atoms with E-state index in [9.17, 15) is 9.90 Å². The molecule has 31 heavy (non-hydrogen) atoms. The van der Waals surface area contributed by atoms with Gasteiger partial charge in [0, 0.05) is 25.6 Å². The van der Waals surface area contributed by atoms with Crippen LogP contribution in [0, 0.1) is 54.8 Å². The molecule has 0 aromatic carbocycles. The van der Waals surface area contributed by atoms with E-state index < -0.39 is 0 Å². The Morgan fingerprint density at radius 1 is 0.871 bits per heavy atom. The molecule has 9 atom stereocenters. The van der Waals surface area contributed by atoms with E-state index in [0.717, 1.165) is 61.6 Å². The van der Waals surface area contributed by atoms with Crippen molar-refractivity contribution in [3.8, 4) is 0 Å². The Bertz CT molecular complexity index is 586. The minimum Gasteiger partial charge on any atom is -1.00 e. The zero-order valence-corrected chi connectivity index (χ0v) is 22.9. The van der Waals surface area contributed by atoms with Crippen LogP contribution in [0.25, 0.3) is 0 Å². The van der Waals surface area contributed by atoms with Crippen molar-refractivity contribution in [2.24, 2.45) is 47.3 Å². The molecule has 7 rings (SSSR count). The Hall–Kier alpha value is 0.836. The molecular formula is C26H43BrMgO3. The van der Waals surface area contributed by atoms with Gasteiger partial charge in [0.2, 0.25) is 0 Å². The standard InChI is InChI=1S/C11H18O.C10H14O.C4H8O.CH3.BrH.Mg/c1-11(12)6-7-5-10(11)9-4-2-3-8(7)9;11-10-5-6-4-9(10)8-3-1-2-7(6)8;1-2-4-5-3-1;;;/h7-10,12H,2-6H2,1H3;6-9H,1-5H2;1-4H2;1H3;1H;/q;;;-1;;+2/p-1. The maximum absolute atomic E-state index is 11.4. The minimum absolute atomic E-state index is 0. The monoisotopic (exact) mass is 506 g/mol. The third-order valence-corrected chi connectivity index (χ3v) is 9.79. The van der Waals surface area contributed by atoms with Gasteiger partial charge in [-0.15, -0.1) is 0 Å². The summed E-state index contributed by atoms with van der Waals surface area (Å²) in [7, 11) is 0. The molecule has 0 amide bonds. The van der Waals surface area contributed by atoms with Crippen molar-refractivity contribution in [2.75, 3.05) is 13.2 Å². The van der Waals surface area contributed by atoms with Gasteiger partial charge in [0.25, 0.3) is 0 Å². The van der Waals surface area contributed by atoms with E-state index in [0.29, 0.717) is 17.6 Å². The first-order valence-corrected chi connectivity index (χ1v) is 12.4. The van der Waals surface area contributed by atoms with Crippen molar-refractivity contribution in [3.05, 3.63) is 7.43 Å². The van der Waals surface area contributed by atoms with Crippen LogP contribution >= 0.6 is 0 Å². The van der Waals surface area contributed by atoms with Gasteiger partial charge in [0.05, 0.1) is 5.60 Å². The molecule has 6 saturated carbocycles. The first-order valence-electron chi connectivity index (χ1n) is 12.4. The van der Waals surface area contributed by atoms with Crippen molar-refractivity contribution in [2.45, 2.75) is 89.6 Å². The molecule has 0 aromatic rings. The first kappa shape index (κ1) is 28.1. The van der Waals surface area contributed by atoms with Crippen molar-refractivity contribution >= 4 is 28.8 Å². The predicted molar refractivity (Wildman–Crippen MR) is 122 cm³/mol. The molecule has 0 radical (unpaired) electrons. The molecule has 5 heteroatoms. The number of ketones is 1. The van der Waals surface area contributed by atoms with Crippen LogP contribution in [0.15, 0.2) is 0 Å². The van der Waals surface area contributed by atoms with Crippen molar-refractivity contribution < 1.29 is 31.6 Å². The molecule has 4 bridgehead atoms. The molecule has 1 heterocycles. The van der Waals surface area contributed by atoms with Gasteiger partial charge >= 0.3 is 23.1 Å². The molecule has 3 nitrogen and oxygen atoms in total. The number of ether oxygens (including phenoxy) is 1. The van der Waals surface area contributed by atoms with Crippen LogP contribution in [-0.4, -0.2) is 52.8 Å². The van der Waals surface area contributed by atoms with Crippen LogP contribution in [0.1, 0.15) is 84.0 Å². The summed E-state index contributed by atoms with van der Waals surface area (Å²) in [5.41, 5.74) is -0.295. The summed E-state index contributed by atoms with van der Waals surface area (Å²) in [6, 6.07) is 0. The van der Waals surface area contributed by atoms with Gasteiger partial charge in [-0.3, -0.25) is 4.79 Å². The Morgan fingerprint density at radius 3 is 2.06 bits per heavy atom. The number of Topliss-reactive ketones (excluding diaryl/α,β-unsaturated/α-hetero) is 1. The summed E-state index contributed by atoms with van der Waals surface area (Å²) in [6.07, 6.45) is 15.7. The Labute approximate surface area is 217 Å². The number of carbonyl (C=O) groups is 1. The van der Waals surface area contributed by atoms with E-state index in [4.69, 9.17) is 4.74 Å². The topological polar surface area (TPSA) is 46.5 Å². The van der Waals surface area contributed by atoms with Gasteiger partial charge in [-0.1, -0.05) is 12.8 Å². The first-order chi connectivity index (χ1) is 13.5. The van der Waals surface area contributed by atoms with Gasteiger partial charge in [0.1, 0.15) is 5.78 Å². The van der Waals surface area contributed by atoms with Gasteiger partial charge in [-0.05, 0) is 106 Å². The maximum Gasteiger partial charge on any atom is 2.00 e. The second-order valence-electron chi connectivity index (χ2n) is 11.3. The Kier molecular flexibility index (Phi) is 10.4. The summed E-state index contributed by atoms with van der Waals surface area (Å²) < 4.78 is 4.94. The number of aliphatic hydroxyl groups is 1. The molecular weight excluding hydrogens is 464 g/mol. The van der Waals surface area contributed by atoms with Crippen LogP contribution in [-0.2, 0) is 9.53 Å². The minimum atomic E-state index is -0.295. The maximum atomic E-state index is 11.4. The van der Waals surface area contributed by atoms with E-state index in [-0.39, 0.29) is 53.1 Å². The fourth-order valence-corrected chi connectivity index (χ4v) is 8.71. The molecule has 174 valence electrons. The molecule has 0 spiro atoms. The summed E-state index contributed by atoms with van der Waals surface area (Å²) >= 11 is 0. The van der Waals surface area contributed by atoms with Gasteiger partial charge in [-0.25, -0.2) is 0 Å². The van der Waals surface area contributed by atoms with Crippen molar-refractivity contribution in [3.63, 3.8) is 0 Å². The largest absolute Gasteiger partial charge is 2.00 e. The number of carbonyl (C=O) groups excluding carboxylic acids is 1. The van der Waals surface area contributed by atoms with Gasteiger partial charge in [0.15, 0.2) is 0 Å². The molecule has 9 unspecified atom stereocenters. The van der Waals surface area contributed by atoms with Crippen molar-refractivity contribution in [1.82, 2.24) is 0 Å². The Morgan fingerprint density at radius 2 is 1.45 bits per heavy atom. The normalized spacial score (nSPS) is 47.1. The number of rotatable bonds is 0. The Balaban J connectivity index is 0.000000168. The van der Waals surface area contributed by atoms with E-state index in [1.807, 2.05) is 0 Å². The van der Waals surface area contributed by atoms with Gasteiger partial charge < -0.3 is 34.3 Å². The zero-order valence-electron chi connectivity index (χ0n) is 19.9. The van der Waals surface area contributed by atoms with Gasteiger partial charge in [-0.2, -0.15) is 0 Å². The molecule has 7 fully saturated rings. The molecule has 1 saturated heterocycles. The average molecular weight is 508 g/mol. The smallest absolute Gasteiger partial charge is 1.00 e. The molecule has 7 aliphatic rings. The summed E-state index contributed by atoms with van der Waals surface area (Å²) in [4.78, 5) is 11.4. The van der Waals surface area contributed by atoms with E-state index >= 15 is 0 Å². The predicted octanol–water partition coefficient (Wildman–Crippen LogP) is 2.08. The molecule has 1 N–H and O–H groups in total. The van der Waals surface area contributed by atoms with E-state index in [2.05, 4.69) is 6.92 Å². The van der Waals surface area contributed by atoms with Crippen LogP contribution < -0.4 is 17.0 Å². The fourth-order valence-electron chi connectivity index (χ4n) is 8.71. The third-order valence-electron chi connectivity index (χ3n) is 9.79. The number of hydrogen-bond acceptors (Lipinski definition) is 3. The molecule has 1 aliphatic heterocycles. The molecule has 6 aliphatic carbocycles. The number of halogens is 1. The second kappa shape index (κ2) is 11.5. The second-order valence-corrected chi connectivity index (χ2v) is 11.3. The fraction of sp³-hybridized carbons (Fsp3) is 0.923. The van der Waals surface area contributed by atoms with Crippen molar-refractivity contribution in [1.29, 1.82) is 0 Å². The molecule has 0 aromatic heterocycles. The zero-order chi connectivity index (χ0) is 19.3. The van der Waals surface area contributed by atoms with E-state index in [1.165, 1.54) is 64.2 Å². The summed E-state index contributed by atoms with van der Waals surface area (Å²) in [5, 5.41) is 10.1. The summed E-state index contributed by atoms with van der Waals surface area (Å²) in [6.45, 7) is 4.06. The quantitative estimate of drug-likeness (QED) is 0.403. The SMILES string of the molecule is C1CCOC1.CC1(O)CC2CC1C1CCCC21.O=C1CC2CC1C1CCCC21.[Br-].[CH3-].[Mg+2]. The number of hydrogen-bond donors (Lipinski definition) is 1. The average Bonchev–Trinajstić information content (AvgIpc) is 3.44.